The number of carbonyl (C=O) groups excluding carboxylic acids is 1. The van der Waals surface area contributed by atoms with Crippen molar-refractivity contribution in [3.63, 3.8) is 0 Å². The second-order valence-electron chi connectivity index (χ2n) is 4.76. The van der Waals surface area contributed by atoms with Crippen molar-refractivity contribution in [2.75, 3.05) is 18.8 Å². The molecule has 2 N–H and O–H groups in total. The largest absolute Gasteiger partial charge is 0.354 e. The van der Waals surface area contributed by atoms with Crippen LogP contribution < -0.4 is 10.0 Å². The third-order valence-electron chi connectivity index (χ3n) is 2.90. The van der Waals surface area contributed by atoms with Crippen LogP contribution in [0.4, 0.5) is 0 Å². The highest BCUT2D eigenvalue weighted by atomic mass is 35.5. The van der Waals surface area contributed by atoms with Gasteiger partial charge < -0.3 is 5.32 Å². The molecular formula is C15H17ClN2O3S3. The number of sulfonamides is 1. The molecule has 0 atom stereocenters. The van der Waals surface area contributed by atoms with Crippen molar-refractivity contribution in [1.29, 1.82) is 0 Å². The molecule has 0 aliphatic rings. The van der Waals surface area contributed by atoms with Gasteiger partial charge in [0.15, 0.2) is 0 Å². The number of nitrogens with one attached hydrogen (secondary N) is 2. The monoisotopic (exact) mass is 404 g/mol. The van der Waals surface area contributed by atoms with Crippen molar-refractivity contribution >= 4 is 50.6 Å². The molecule has 0 saturated carbocycles. The van der Waals surface area contributed by atoms with Gasteiger partial charge >= 0.3 is 0 Å². The zero-order valence-electron chi connectivity index (χ0n) is 12.7. The van der Waals surface area contributed by atoms with Gasteiger partial charge in [0.1, 0.15) is 0 Å². The Hall–Kier alpha value is -1.06. The molecule has 0 spiro atoms. The number of hydrogen-bond donors (Lipinski definition) is 2. The van der Waals surface area contributed by atoms with Crippen LogP contribution in [0.25, 0.3) is 0 Å². The van der Waals surface area contributed by atoms with Gasteiger partial charge in [0, 0.05) is 23.7 Å². The van der Waals surface area contributed by atoms with Crippen LogP contribution in [0.2, 0.25) is 4.34 Å². The highest BCUT2D eigenvalue weighted by Gasteiger charge is 2.12. The number of benzene rings is 1. The summed E-state index contributed by atoms with van der Waals surface area (Å²) >= 11 is 8.83. The maximum absolute atomic E-state index is 12.0. The molecule has 1 amide bonds. The van der Waals surface area contributed by atoms with Crippen molar-refractivity contribution in [1.82, 2.24) is 10.0 Å². The van der Waals surface area contributed by atoms with E-state index in [1.807, 2.05) is 12.1 Å². The van der Waals surface area contributed by atoms with Crippen LogP contribution in [-0.2, 0) is 20.6 Å². The average molecular weight is 405 g/mol. The summed E-state index contributed by atoms with van der Waals surface area (Å²) in [5, 5.41) is 2.69. The van der Waals surface area contributed by atoms with E-state index >= 15 is 0 Å². The minimum Gasteiger partial charge on any atom is -0.354 e. The molecule has 0 aliphatic heterocycles. The fourth-order valence-corrected chi connectivity index (χ4v) is 4.90. The minimum absolute atomic E-state index is 0.124. The maximum atomic E-state index is 12.0. The molecule has 9 heteroatoms. The van der Waals surface area contributed by atoms with E-state index in [1.54, 1.807) is 18.2 Å². The number of carbonyl (C=O) groups is 1. The van der Waals surface area contributed by atoms with Gasteiger partial charge in [-0.25, -0.2) is 13.1 Å². The maximum Gasteiger partial charge on any atom is 0.240 e. The van der Waals surface area contributed by atoms with Crippen LogP contribution >= 0.6 is 34.7 Å². The molecule has 0 radical (unpaired) electrons. The number of thioether (sulfide) groups is 1. The zero-order chi connectivity index (χ0) is 17.4. The fraction of sp³-hybridized carbons (Fsp3) is 0.267. The first-order valence-corrected chi connectivity index (χ1v) is 10.9. The van der Waals surface area contributed by atoms with E-state index in [-0.39, 0.29) is 23.9 Å². The quantitative estimate of drug-likeness (QED) is 0.630. The molecule has 24 heavy (non-hydrogen) atoms. The number of amides is 1. The second-order valence-corrected chi connectivity index (χ2v) is 9.31. The van der Waals surface area contributed by atoms with Gasteiger partial charge in [0.05, 0.1) is 15.0 Å². The van der Waals surface area contributed by atoms with E-state index in [9.17, 15) is 13.2 Å². The molecule has 2 aromatic rings. The van der Waals surface area contributed by atoms with E-state index in [4.69, 9.17) is 11.6 Å². The Kier molecular flexibility index (Phi) is 7.57. The van der Waals surface area contributed by atoms with Gasteiger partial charge in [-0.1, -0.05) is 29.8 Å². The summed E-state index contributed by atoms with van der Waals surface area (Å²) in [6.07, 6.45) is 0. The molecule has 0 fully saturated rings. The van der Waals surface area contributed by atoms with E-state index in [2.05, 4.69) is 10.0 Å². The lowest BCUT2D eigenvalue weighted by atomic mass is 10.4. The van der Waals surface area contributed by atoms with E-state index < -0.39 is 10.0 Å². The van der Waals surface area contributed by atoms with Gasteiger partial charge in [-0.2, -0.15) is 0 Å². The summed E-state index contributed by atoms with van der Waals surface area (Å²) in [5.74, 6) is 0.924. The third kappa shape index (κ3) is 6.45. The number of rotatable bonds is 9. The molecule has 1 aromatic carbocycles. The van der Waals surface area contributed by atoms with Crippen molar-refractivity contribution in [2.24, 2.45) is 0 Å². The van der Waals surface area contributed by atoms with Crippen molar-refractivity contribution in [3.05, 3.63) is 51.7 Å². The molecule has 0 saturated heterocycles. The van der Waals surface area contributed by atoms with E-state index in [0.717, 1.165) is 15.0 Å². The second kappa shape index (κ2) is 9.43. The van der Waals surface area contributed by atoms with Gasteiger partial charge in [-0.3, -0.25) is 4.79 Å². The first-order valence-electron chi connectivity index (χ1n) is 7.11. The topological polar surface area (TPSA) is 75.3 Å². The van der Waals surface area contributed by atoms with Gasteiger partial charge in [-0.05, 0) is 24.3 Å². The molecule has 0 unspecified atom stereocenters. The number of thiophene rings is 1. The Balaban J connectivity index is 1.62. The number of halogens is 1. The van der Waals surface area contributed by atoms with Crippen LogP contribution in [0.1, 0.15) is 4.88 Å². The van der Waals surface area contributed by atoms with Crippen LogP contribution in [0.5, 0.6) is 0 Å². The van der Waals surface area contributed by atoms with Crippen molar-refractivity contribution < 1.29 is 13.2 Å². The van der Waals surface area contributed by atoms with Crippen LogP contribution in [0, 0.1) is 0 Å². The molecule has 130 valence electrons. The highest BCUT2D eigenvalue weighted by Crippen LogP contribution is 2.24. The van der Waals surface area contributed by atoms with Gasteiger partial charge in [0.2, 0.25) is 15.9 Å². The summed E-state index contributed by atoms with van der Waals surface area (Å²) in [5.41, 5.74) is 0. The molecular weight excluding hydrogens is 388 g/mol. The summed E-state index contributed by atoms with van der Waals surface area (Å²) < 4.78 is 27.1. The Labute approximate surface area is 154 Å². The van der Waals surface area contributed by atoms with Crippen LogP contribution in [0.3, 0.4) is 0 Å². The third-order valence-corrected chi connectivity index (χ3v) is 6.77. The summed E-state index contributed by atoms with van der Waals surface area (Å²) in [6.45, 7) is 0.393. The normalized spacial score (nSPS) is 11.4. The first kappa shape index (κ1) is 19.3. The van der Waals surface area contributed by atoms with Crippen molar-refractivity contribution in [2.45, 2.75) is 10.6 Å². The minimum atomic E-state index is -3.53. The molecule has 0 aliphatic carbocycles. The van der Waals surface area contributed by atoms with E-state index in [1.165, 1.54) is 35.2 Å². The molecule has 2 rings (SSSR count). The first-order chi connectivity index (χ1) is 11.5. The fourth-order valence-electron chi connectivity index (χ4n) is 1.79. The van der Waals surface area contributed by atoms with Gasteiger partial charge in [-0.15, -0.1) is 23.1 Å². The lowest BCUT2D eigenvalue weighted by Crippen LogP contribution is -2.35. The lowest BCUT2D eigenvalue weighted by molar-refractivity contribution is -0.118. The molecule has 0 bridgehead atoms. The lowest BCUT2D eigenvalue weighted by Gasteiger charge is -2.08. The van der Waals surface area contributed by atoms with Crippen LogP contribution in [0.15, 0.2) is 47.4 Å². The van der Waals surface area contributed by atoms with E-state index in [0.29, 0.717) is 5.75 Å². The Morgan fingerprint density at radius 3 is 2.54 bits per heavy atom. The summed E-state index contributed by atoms with van der Waals surface area (Å²) in [7, 11) is -3.53. The Morgan fingerprint density at radius 2 is 1.88 bits per heavy atom. The standard InChI is InChI=1S/C15H17ClN2O3S3/c16-14-7-6-12(23-14)10-22-11-15(19)17-8-9-18-24(20,21)13-4-2-1-3-5-13/h1-7,18H,8-11H2,(H,17,19). The Bertz CT molecular complexity index is 763. The smallest absolute Gasteiger partial charge is 0.240 e. The highest BCUT2D eigenvalue weighted by molar-refractivity contribution is 7.99. The summed E-state index contributed by atoms with van der Waals surface area (Å²) in [6, 6.07) is 11.9. The van der Waals surface area contributed by atoms with Gasteiger partial charge in [0.25, 0.3) is 0 Å². The van der Waals surface area contributed by atoms with Crippen LogP contribution in [-0.4, -0.2) is 33.2 Å². The predicted octanol–water partition coefficient (Wildman–Crippen LogP) is 2.73. The Morgan fingerprint density at radius 1 is 1.12 bits per heavy atom. The number of hydrogen-bond acceptors (Lipinski definition) is 5. The van der Waals surface area contributed by atoms with Crippen molar-refractivity contribution in [3.8, 4) is 0 Å². The molecule has 5 nitrogen and oxygen atoms in total. The SMILES string of the molecule is O=C(CSCc1ccc(Cl)s1)NCCNS(=O)(=O)c1ccccc1. The summed E-state index contributed by atoms with van der Waals surface area (Å²) in [4.78, 5) is 13.0. The zero-order valence-corrected chi connectivity index (χ0v) is 15.9. The molecule has 1 aromatic heterocycles. The molecule has 1 heterocycles. The average Bonchev–Trinajstić information content (AvgIpc) is 2.98. The predicted molar refractivity (Wildman–Crippen MR) is 100 cm³/mol.